The molecule has 140 valence electrons. The van der Waals surface area contributed by atoms with Gasteiger partial charge in [-0.05, 0) is 18.1 Å². The van der Waals surface area contributed by atoms with E-state index in [0.29, 0.717) is 13.2 Å². The van der Waals surface area contributed by atoms with Crippen molar-refractivity contribution in [2.45, 2.75) is 50.8 Å². The molecular formula is C21H26O5. The molecule has 1 fully saturated rings. The molecular weight excluding hydrogens is 332 g/mol. The van der Waals surface area contributed by atoms with Gasteiger partial charge in [0.05, 0.1) is 19.3 Å². The molecule has 0 radical (unpaired) electrons. The smallest absolute Gasteiger partial charge is 0.186 e. The Morgan fingerprint density at radius 3 is 1.85 bits per heavy atom. The summed E-state index contributed by atoms with van der Waals surface area (Å²) in [6.07, 6.45) is -2.92. The lowest BCUT2D eigenvalue weighted by atomic mass is 9.99. The topological polar surface area (TPSA) is 57.2 Å². The minimum Gasteiger partial charge on any atom is -0.387 e. The average Bonchev–Trinajstić information content (AvgIpc) is 2.68. The molecule has 0 amide bonds. The number of hydrogen-bond donors (Lipinski definition) is 1. The Balaban J connectivity index is 1.64. The highest BCUT2D eigenvalue weighted by Gasteiger charge is 2.45. The van der Waals surface area contributed by atoms with E-state index in [4.69, 9.17) is 18.9 Å². The first-order valence-electron chi connectivity index (χ1n) is 8.86. The predicted molar refractivity (Wildman–Crippen MR) is 97.4 cm³/mol. The van der Waals surface area contributed by atoms with Crippen LogP contribution >= 0.6 is 0 Å². The van der Waals surface area contributed by atoms with Gasteiger partial charge in [0.2, 0.25) is 0 Å². The van der Waals surface area contributed by atoms with E-state index >= 15 is 0 Å². The zero-order valence-corrected chi connectivity index (χ0v) is 15.2. The third-order valence-electron chi connectivity index (χ3n) is 4.56. The summed E-state index contributed by atoms with van der Waals surface area (Å²) in [5.74, 6) is 0. The monoisotopic (exact) mass is 358 g/mol. The van der Waals surface area contributed by atoms with Crippen LogP contribution in [0.3, 0.4) is 0 Å². The summed E-state index contributed by atoms with van der Waals surface area (Å²) in [5, 5.41) is 10.8. The molecule has 2 aromatic carbocycles. The number of ether oxygens (including phenoxy) is 4. The van der Waals surface area contributed by atoms with Gasteiger partial charge >= 0.3 is 0 Å². The van der Waals surface area contributed by atoms with E-state index < -0.39 is 24.6 Å². The van der Waals surface area contributed by atoms with Gasteiger partial charge in [0.25, 0.3) is 0 Å². The molecule has 0 spiro atoms. The lowest BCUT2D eigenvalue weighted by Crippen LogP contribution is -2.58. The highest BCUT2D eigenvalue weighted by molar-refractivity contribution is 5.14. The maximum Gasteiger partial charge on any atom is 0.186 e. The van der Waals surface area contributed by atoms with Crippen molar-refractivity contribution in [2.75, 3.05) is 7.11 Å². The van der Waals surface area contributed by atoms with E-state index in [0.717, 1.165) is 11.1 Å². The van der Waals surface area contributed by atoms with Crippen LogP contribution in [-0.2, 0) is 32.2 Å². The molecule has 5 heteroatoms. The Bertz CT molecular complexity index is 648. The lowest BCUT2D eigenvalue weighted by molar-refractivity contribution is -0.305. The minimum atomic E-state index is -0.851. The largest absolute Gasteiger partial charge is 0.387 e. The van der Waals surface area contributed by atoms with Crippen LogP contribution in [0, 0.1) is 0 Å². The molecule has 26 heavy (non-hydrogen) atoms. The van der Waals surface area contributed by atoms with Gasteiger partial charge in [0, 0.05) is 7.11 Å². The molecule has 0 aliphatic carbocycles. The van der Waals surface area contributed by atoms with Crippen LogP contribution < -0.4 is 0 Å². The fourth-order valence-corrected chi connectivity index (χ4v) is 3.13. The van der Waals surface area contributed by atoms with Crippen molar-refractivity contribution in [1.82, 2.24) is 0 Å². The van der Waals surface area contributed by atoms with Crippen LogP contribution in [0.15, 0.2) is 60.7 Å². The van der Waals surface area contributed by atoms with Gasteiger partial charge in [-0.3, -0.25) is 0 Å². The minimum absolute atomic E-state index is 0.310. The van der Waals surface area contributed by atoms with Gasteiger partial charge in [-0.15, -0.1) is 0 Å². The van der Waals surface area contributed by atoms with Gasteiger partial charge in [-0.2, -0.15) is 0 Å². The van der Waals surface area contributed by atoms with Crippen molar-refractivity contribution in [3.05, 3.63) is 71.8 Å². The Morgan fingerprint density at radius 2 is 1.35 bits per heavy atom. The number of hydrogen-bond acceptors (Lipinski definition) is 5. The van der Waals surface area contributed by atoms with Gasteiger partial charge in [-0.1, -0.05) is 60.7 Å². The number of aliphatic hydroxyl groups is 1. The first kappa shape index (κ1) is 19.0. The third-order valence-corrected chi connectivity index (χ3v) is 4.56. The summed E-state index contributed by atoms with van der Waals surface area (Å²) in [6.45, 7) is 2.64. The molecule has 3 unspecified atom stereocenters. The van der Waals surface area contributed by atoms with E-state index in [9.17, 15) is 5.11 Å². The van der Waals surface area contributed by atoms with Crippen LogP contribution in [0.5, 0.6) is 0 Å². The molecule has 5 atom stereocenters. The number of benzene rings is 2. The standard InChI is InChI=1S/C21H26O5/c1-15-19(24-13-16-9-5-3-6-10-16)18(22)20(21(23-2)26-15)25-14-17-11-7-4-8-12-17/h3-12,15,18-22H,13-14H2,1-2H3/t15?,18?,19-,20?,21+/m0/s1. The molecule has 0 bridgehead atoms. The molecule has 0 saturated carbocycles. The Morgan fingerprint density at radius 1 is 0.846 bits per heavy atom. The Kier molecular flexibility index (Phi) is 6.77. The zero-order chi connectivity index (χ0) is 18.4. The summed E-state index contributed by atoms with van der Waals surface area (Å²) in [7, 11) is 1.55. The third kappa shape index (κ3) is 4.69. The zero-order valence-electron chi connectivity index (χ0n) is 15.2. The number of methoxy groups -OCH3 is 1. The first-order valence-corrected chi connectivity index (χ1v) is 8.86. The summed E-state index contributed by atoms with van der Waals surface area (Å²) in [6, 6.07) is 19.7. The van der Waals surface area contributed by atoms with Crippen molar-refractivity contribution in [2.24, 2.45) is 0 Å². The van der Waals surface area contributed by atoms with Crippen LogP contribution in [0.25, 0.3) is 0 Å². The molecule has 1 heterocycles. The molecule has 5 nitrogen and oxygen atoms in total. The summed E-state index contributed by atoms with van der Waals surface area (Å²) >= 11 is 0. The molecule has 0 aromatic heterocycles. The summed E-state index contributed by atoms with van der Waals surface area (Å²) in [4.78, 5) is 0. The lowest BCUT2D eigenvalue weighted by Gasteiger charge is -2.42. The van der Waals surface area contributed by atoms with Gasteiger partial charge < -0.3 is 24.1 Å². The van der Waals surface area contributed by atoms with E-state index in [1.54, 1.807) is 7.11 Å². The van der Waals surface area contributed by atoms with Crippen molar-refractivity contribution < 1.29 is 24.1 Å². The van der Waals surface area contributed by atoms with E-state index in [2.05, 4.69) is 0 Å². The molecule has 1 aliphatic rings. The first-order chi connectivity index (χ1) is 12.7. The second-order valence-corrected chi connectivity index (χ2v) is 6.46. The second kappa shape index (κ2) is 9.26. The van der Waals surface area contributed by atoms with Gasteiger partial charge in [0.15, 0.2) is 6.29 Å². The van der Waals surface area contributed by atoms with Gasteiger partial charge in [-0.25, -0.2) is 0 Å². The second-order valence-electron chi connectivity index (χ2n) is 6.46. The van der Waals surface area contributed by atoms with Crippen LogP contribution in [0.4, 0.5) is 0 Å². The van der Waals surface area contributed by atoms with E-state index in [1.165, 1.54) is 0 Å². The highest BCUT2D eigenvalue weighted by Crippen LogP contribution is 2.27. The maximum absolute atomic E-state index is 10.8. The quantitative estimate of drug-likeness (QED) is 0.825. The van der Waals surface area contributed by atoms with Crippen molar-refractivity contribution in [1.29, 1.82) is 0 Å². The van der Waals surface area contributed by atoms with Crippen LogP contribution in [0.2, 0.25) is 0 Å². The molecule has 2 aromatic rings. The van der Waals surface area contributed by atoms with Crippen molar-refractivity contribution in [3.8, 4) is 0 Å². The molecule has 1 N–H and O–H groups in total. The summed E-state index contributed by atoms with van der Waals surface area (Å²) < 4.78 is 23.2. The number of rotatable bonds is 7. The molecule has 3 rings (SSSR count). The van der Waals surface area contributed by atoms with Crippen molar-refractivity contribution >= 4 is 0 Å². The maximum atomic E-state index is 10.8. The van der Waals surface area contributed by atoms with Crippen molar-refractivity contribution in [3.63, 3.8) is 0 Å². The fraction of sp³-hybridized carbons (Fsp3) is 0.429. The summed E-state index contributed by atoms with van der Waals surface area (Å²) in [5.41, 5.74) is 2.07. The number of aliphatic hydroxyl groups excluding tert-OH is 1. The molecule has 1 aliphatic heterocycles. The average molecular weight is 358 g/mol. The van der Waals surface area contributed by atoms with Crippen LogP contribution in [-0.4, -0.2) is 42.9 Å². The Labute approximate surface area is 154 Å². The predicted octanol–water partition coefficient (Wildman–Crippen LogP) is 2.91. The van der Waals surface area contributed by atoms with E-state index in [-0.39, 0.29) is 6.10 Å². The SMILES string of the molecule is CO[C@@H]1OC(C)[C@H](OCc2ccccc2)C(O)C1OCc1ccccc1. The highest BCUT2D eigenvalue weighted by atomic mass is 16.7. The normalized spacial score (nSPS) is 28.8. The van der Waals surface area contributed by atoms with Crippen LogP contribution in [0.1, 0.15) is 18.1 Å². The Hall–Kier alpha value is -1.76. The van der Waals surface area contributed by atoms with E-state index in [1.807, 2.05) is 67.6 Å². The fourth-order valence-electron chi connectivity index (χ4n) is 3.13. The molecule has 1 saturated heterocycles. The van der Waals surface area contributed by atoms with Gasteiger partial charge in [0.1, 0.15) is 18.3 Å².